The highest BCUT2D eigenvalue weighted by atomic mass is 19.4. The second-order valence-corrected chi connectivity index (χ2v) is 3.92. The summed E-state index contributed by atoms with van der Waals surface area (Å²) in [4.78, 5) is 0. The fourth-order valence-corrected chi connectivity index (χ4v) is 1.41. The van der Waals surface area contributed by atoms with Gasteiger partial charge in [-0.2, -0.15) is 13.2 Å². The molecular weight excluding hydrogens is 250 g/mol. The molecule has 0 aliphatic carbocycles. The molecule has 102 valence electrons. The molecule has 0 spiro atoms. The number of hydrogen-bond acceptors (Lipinski definition) is 2. The van der Waals surface area contributed by atoms with E-state index in [1.54, 1.807) is 13.0 Å². The first kappa shape index (κ1) is 14.9. The van der Waals surface area contributed by atoms with Gasteiger partial charge in [0.1, 0.15) is 12.4 Å². The van der Waals surface area contributed by atoms with E-state index in [2.05, 4.69) is 10.1 Å². The molecular formula is C12H15F4NO. The van der Waals surface area contributed by atoms with E-state index >= 15 is 0 Å². The Morgan fingerprint density at radius 2 is 2.00 bits per heavy atom. The number of ether oxygens (including phenoxy) is 1. The van der Waals surface area contributed by atoms with Gasteiger partial charge in [0.25, 0.3) is 0 Å². The van der Waals surface area contributed by atoms with E-state index in [9.17, 15) is 17.6 Å². The van der Waals surface area contributed by atoms with Crippen LogP contribution in [0.25, 0.3) is 0 Å². The third-order valence-electron chi connectivity index (χ3n) is 2.31. The Morgan fingerprint density at radius 3 is 2.61 bits per heavy atom. The SMILES string of the molecule is Cc1cc(F)ccc1CNCCOCC(F)(F)F. The average Bonchev–Trinajstić information content (AvgIpc) is 2.24. The van der Waals surface area contributed by atoms with Crippen molar-refractivity contribution < 1.29 is 22.3 Å². The molecule has 0 aromatic heterocycles. The number of alkyl halides is 3. The van der Waals surface area contributed by atoms with E-state index < -0.39 is 12.8 Å². The zero-order valence-corrected chi connectivity index (χ0v) is 9.98. The summed E-state index contributed by atoms with van der Waals surface area (Å²) in [6.45, 7) is 1.32. The fraction of sp³-hybridized carbons (Fsp3) is 0.500. The van der Waals surface area contributed by atoms with Gasteiger partial charge >= 0.3 is 6.18 Å². The average molecular weight is 265 g/mol. The molecule has 1 aromatic rings. The van der Waals surface area contributed by atoms with Crippen molar-refractivity contribution in [3.63, 3.8) is 0 Å². The van der Waals surface area contributed by atoms with Gasteiger partial charge in [-0.1, -0.05) is 6.07 Å². The Hall–Kier alpha value is -1.14. The van der Waals surface area contributed by atoms with E-state index in [1.165, 1.54) is 12.1 Å². The molecule has 1 aromatic carbocycles. The quantitative estimate of drug-likeness (QED) is 0.631. The van der Waals surface area contributed by atoms with Crippen molar-refractivity contribution >= 4 is 0 Å². The summed E-state index contributed by atoms with van der Waals surface area (Å²) in [5.74, 6) is -0.301. The summed E-state index contributed by atoms with van der Waals surface area (Å²) in [5.41, 5.74) is 1.71. The zero-order chi connectivity index (χ0) is 13.6. The Kier molecular flexibility index (Phi) is 5.55. The maximum absolute atomic E-state index is 12.8. The van der Waals surface area contributed by atoms with E-state index in [0.717, 1.165) is 11.1 Å². The van der Waals surface area contributed by atoms with E-state index in [4.69, 9.17) is 0 Å². The third kappa shape index (κ3) is 5.97. The molecule has 0 atom stereocenters. The lowest BCUT2D eigenvalue weighted by atomic mass is 10.1. The van der Waals surface area contributed by atoms with E-state index in [1.807, 2.05) is 0 Å². The molecule has 6 heteroatoms. The number of halogens is 4. The van der Waals surface area contributed by atoms with Crippen molar-refractivity contribution in [1.29, 1.82) is 0 Å². The van der Waals surface area contributed by atoms with Crippen LogP contribution in [-0.4, -0.2) is 25.9 Å². The second-order valence-electron chi connectivity index (χ2n) is 3.92. The molecule has 1 N–H and O–H groups in total. The Balaban J connectivity index is 2.18. The molecule has 0 radical (unpaired) electrons. The topological polar surface area (TPSA) is 21.3 Å². The van der Waals surface area contributed by atoms with E-state index in [-0.39, 0.29) is 12.4 Å². The Bertz CT molecular complexity index is 379. The van der Waals surface area contributed by atoms with Crippen molar-refractivity contribution in [2.75, 3.05) is 19.8 Å². The van der Waals surface area contributed by atoms with Crippen molar-refractivity contribution in [2.45, 2.75) is 19.6 Å². The standard InChI is InChI=1S/C12H15F4NO/c1-9-6-11(13)3-2-10(9)7-17-4-5-18-8-12(14,15)16/h2-3,6,17H,4-5,7-8H2,1H3. The summed E-state index contributed by atoms with van der Waals surface area (Å²) in [7, 11) is 0. The third-order valence-corrected chi connectivity index (χ3v) is 2.31. The van der Waals surface area contributed by atoms with Gasteiger partial charge in [0, 0.05) is 13.1 Å². The van der Waals surface area contributed by atoms with Crippen LogP contribution in [0.15, 0.2) is 18.2 Å². The van der Waals surface area contributed by atoms with Crippen LogP contribution in [0.5, 0.6) is 0 Å². The summed E-state index contributed by atoms with van der Waals surface area (Å²) in [5, 5.41) is 2.93. The monoisotopic (exact) mass is 265 g/mol. The lowest BCUT2D eigenvalue weighted by molar-refractivity contribution is -0.173. The van der Waals surface area contributed by atoms with Crippen molar-refractivity contribution in [1.82, 2.24) is 5.32 Å². The first-order chi connectivity index (χ1) is 8.38. The zero-order valence-electron chi connectivity index (χ0n) is 9.98. The number of aryl methyl sites for hydroxylation is 1. The number of nitrogens with one attached hydrogen (secondary N) is 1. The summed E-state index contributed by atoms with van der Waals surface area (Å²) in [6.07, 6.45) is -4.28. The predicted octanol–water partition coefficient (Wildman–Crippen LogP) is 2.80. The van der Waals surface area contributed by atoms with Crippen LogP contribution in [0.4, 0.5) is 17.6 Å². The summed E-state index contributed by atoms with van der Waals surface area (Å²) in [6, 6.07) is 4.41. The van der Waals surface area contributed by atoms with Gasteiger partial charge in [0.15, 0.2) is 0 Å². The predicted molar refractivity (Wildman–Crippen MR) is 59.7 cm³/mol. The highest BCUT2D eigenvalue weighted by Crippen LogP contribution is 2.14. The van der Waals surface area contributed by atoms with Gasteiger partial charge in [-0.3, -0.25) is 0 Å². The van der Waals surface area contributed by atoms with Crippen LogP contribution >= 0.6 is 0 Å². The second kappa shape index (κ2) is 6.70. The lowest BCUT2D eigenvalue weighted by Gasteiger charge is -2.09. The van der Waals surface area contributed by atoms with Crippen molar-refractivity contribution in [2.24, 2.45) is 0 Å². The van der Waals surface area contributed by atoms with Crippen LogP contribution in [-0.2, 0) is 11.3 Å². The van der Waals surface area contributed by atoms with Crippen molar-refractivity contribution in [3.05, 3.63) is 35.1 Å². The Labute approximate surface area is 103 Å². The van der Waals surface area contributed by atoms with Gasteiger partial charge in [-0.15, -0.1) is 0 Å². The van der Waals surface area contributed by atoms with Gasteiger partial charge in [-0.25, -0.2) is 4.39 Å². The Morgan fingerprint density at radius 1 is 1.28 bits per heavy atom. The minimum atomic E-state index is -4.28. The van der Waals surface area contributed by atoms with Crippen LogP contribution < -0.4 is 5.32 Å². The molecule has 2 nitrogen and oxygen atoms in total. The summed E-state index contributed by atoms with van der Waals surface area (Å²) >= 11 is 0. The largest absolute Gasteiger partial charge is 0.411 e. The first-order valence-corrected chi connectivity index (χ1v) is 5.49. The molecule has 0 saturated heterocycles. The van der Waals surface area contributed by atoms with Crippen LogP contribution in [0, 0.1) is 12.7 Å². The molecule has 0 aliphatic rings. The number of hydrogen-bond donors (Lipinski definition) is 1. The van der Waals surface area contributed by atoms with Gasteiger partial charge < -0.3 is 10.1 Å². The maximum atomic E-state index is 12.8. The van der Waals surface area contributed by atoms with Crippen LogP contribution in [0.3, 0.4) is 0 Å². The van der Waals surface area contributed by atoms with Crippen LogP contribution in [0.1, 0.15) is 11.1 Å². The first-order valence-electron chi connectivity index (χ1n) is 5.49. The fourth-order valence-electron chi connectivity index (χ4n) is 1.41. The van der Waals surface area contributed by atoms with Crippen molar-refractivity contribution in [3.8, 4) is 0 Å². The highest BCUT2D eigenvalue weighted by molar-refractivity contribution is 5.26. The maximum Gasteiger partial charge on any atom is 0.411 e. The van der Waals surface area contributed by atoms with Gasteiger partial charge in [-0.05, 0) is 30.2 Å². The normalized spacial score (nSPS) is 11.8. The summed E-state index contributed by atoms with van der Waals surface area (Å²) < 4.78 is 52.5. The molecule has 0 heterocycles. The molecule has 0 unspecified atom stereocenters. The minimum Gasteiger partial charge on any atom is -0.371 e. The van der Waals surface area contributed by atoms with Gasteiger partial charge in [0.2, 0.25) is 0 Å². The van der Waals surface area contributed by atoms with Crippen LogP contribution in [0.2, 0.25) is 0 Å². The number of benzene rings is 1. The molecule has 1 rings (SSSR count). The molecule has 0 aliphatic heterocycles. The minimum absolute atomic E-state index is 0.0141. The lowest BCUT2D eigenvalue weighted by Crippen LogP contribution is -2.23. The van der Waals surface area contributed by atoms with Gasteiger partial charge in [0.05, 0.1) is 6.61 Å². The molecule has 0 bridgehead atoms. The highest BCUT2D eigenvalue weighted by Gasteiger charge is 2.27. The molecule has 0 fully saturated rings. The number of rotatable bonds is 6. The smallest absolute Gasteiger partial charge is 0.371 e. The molecule has 18 heavy (non-hydrogen) atoms. The van der Waals surface area contributed by atoms with E-state index in [0.29, 0.717) is 13.1 Å². The molecule has 0 saturated carbocycles. The molecule has 0 amide bonds.